The molecule has 1 heteroatoms. The molecule has 1 unspecified atom stereocenters. The maximum Gasteiger partial charge on any atom is -0.00127 e. The van der Waals surface area contributed by atoms with E-state index in [1.54, 1.807) is 0 Å². The Hall–Kier alpha value is -0.0400. The van der Waals surface area contributed by atoms with Gasteiger partial charge in [0.1, 0.15) is 0 Å². The third-order valence-corrected chi connectivity index (χ3v) is 5.37. The first-order valence-electron chi connectivity index (χ1n) is 7.87. The second-order valence-corrected chi connectivity index (χ2v) is 9.03. The molecule has 18 heavy (non-hydrogen) atoms. The Morgan fingerprint density at radius 2 is 1.50 bits per heavy atom. The molecule has 1 saturated carbocycles. The average molecular weight is 251 g/mol. The SMILES string of the molecule is CC(C)C1CNCCC12CC(C)(C)CC(C)(C)C2. The molecule has 2 rings (SSSR count). The first kappa shape index (κ1) is 14.4. The highest BCUT2D eigenvalue weighted by Gasteiger charge is 2.52. The Morgan fingerprint density at radius 1 is 0.944 bits per heavy atom. The lowest BCUT2D eigenvalue weighted by atomic mass is 9.49. The molecule has 1 N–H and O–H groups in total. The molecular weight excluding hydrogens is 218 g/mol. The molecule has 1 saturated heterocycles. The van der Waals surface area contributed by atoms with Crippen LogP contribution in [0.25, 0.3) is 0 Å². The Kier molecular flexibility index (Phi) is 3.60. The lowest BCUT2D eigenvalue weighted by Crippen LogP contribution is -2.53. The van der Waals surface area contributed by atoms with Gasteiger partial charge in [-0.05, 0) is 66.9 Å². The zero-order valence-corrected chi connectivity index (χ0v) is 13.4. The molecule has 2 aliphatic rings. The molecule has 0 radical (unpaired) electrons. The standard InChI is InChI=1S/C17H33N/c1-13(2)14-9-18-8-7-17(14)11-15(3,4)10-16(5,6)12-17/h13-14,18H,7-12H2,1-6H3. The maximum atomic E-state index is 3.64. The van der Waals surface area contributed by atoms with E-state index < -0.39 is 0 Å². The first-order chi connectivity index (χ1) is 8.16. The summed E-state index contributed by atoms with van der Waals surface area (Å²) < 4.78 is 0. The summed E-state index contributed by atoms with van der Waals surface area (Å²) in [5.74, 6) is 1.67. The lowest BCUT2D eigenvalue weighted by Gasteiger charge is -2.58. The zero-order valence-electron chi connectivity index (χ0n) is 13.4. The summed E-state index contributed by atoms with van der Waals surface area (Å²) >= 11 is 0. The van der Waals surface area contributed by atoms with Crippen LogP contribution in [0, 0.1) is 28.1 Å². The van der Waals surface area contributed by atoms with Gasteiger partial charge >= 0.3 is 0 Å². The predicted molar refractivity (Wildman–Crippen MR) is 79.7 cm³/mol. The van der Waals surface area contributed by atoms with E-state index in [4.69, 9.17) is 0 Å². The van der Waals surface area contributed by atoms with Gasteiger partial charge in [0.2, 0.25) is 0 Å². The van der Waals surface area contributed by atoms with Crippen LogP contribution in [0.1, 0.15) is 67.2 Å². The van der Waals surface area contributed by atoms with Gasteiger partial charge in [-0.15, -0.1) is 0 Å². The van der Waals surface area contributed by atoms with E-state index in [1.165, 1.54) is 38.8 Å². The van der Waals surface area contributed by atoms with E-state index in [1.807, 2.05) is 0 Å². The predicted octanol–water partition coefficient (Wildman–Crippen LogP) is 4.47. The largest absolute Gasteiger partial charge is 0.316 e. The monoisotopic (exact) mass is 251 g/mol. The first-order valence-corrected chi connectivity index (χ1v) is 7.87. The highest BCUT2D eigenvalue weighted by atomic mass is 14.9. The van der Waals surface area contributed by atoms with E-state index in [0.29, 0.717) is 16.2 Å². The summed E-state index contributed by atoms with van der Waals surface area (Å²) in [6, 6.07) is 0. The van der Waals surface area contributed by atoms with Crippen molar-refractivity contribution in [2.75, 3.05) is 13.1 Å². The highest BCUT2D eigenvalue weighted by molar-refractivity contribution is 5.03. The molecule has 0 aromatic heterocycles. The summed E-state index contributed by atoms with van der Waals surface area (Å²) in [6.07, 6.45) is 5.66. The fourth-order valence-corrected chi connectivity index (χ4v) is 5.77. The molecule has 1 atom stereocenters. The number of nitrogens with one attached hydrogen (secondary N) is 1. The smallest absolute Gasteiger partial charge is 0.00127 e. The van der Waals surface area contributed by atoms with Gasteiger partial charge in [0, 0.05) is 0 Å². The van der Waals surface area contributed by atoms with Gasteiger partial charge in [-0.25, -0.2) is 0 Å². The van der Waals surface area contributed by atoms with Gasteiger partial charge in [0.15, 0.2) is 0 Å². The quantitative estimate of drug-likeness (QED) is 0.725. The minimum Gasteiger partial charge on any atom is -0.316 e. The van der Waals surface area contributed by atoms with Crippen LogP contribution < -0.4 is 5.32 Å². The summed E-state index contributed by atoms with van der Waals surface area (Å²) in [5, 5.41) is 3.64. The number of hydrogen-bond acceptors (Lipinski definition) is 1. The van der Waals surface area contributed by atoms with E-state index in [0.717, 1.165) is 11.8 Å². The summed E-state index contributed by atoms with van der Waals surface area (Å²) in [6.45, 7) is 17.3. The Bertz CT molecular complexity index is 285. The van der Waals surface area contributed by atoms with Crippen LogP contribution in [0.2, 0.25) is 0 Å². The molecule has 2 fully saturated rings. The van der Waals surface area contributed by atoms with E-state index in [2.05, 4.69) is 46.9 Å². The molecule has 1 spiro atoms. The van der Waals surface area contributed by atoms with Crippen molar-refractivity contribution < 1.29 is 0 Å². The van der Waals surface area contributed by atoms with E-state index >= 15 is 0 Å². The third-order valence-electron chi connectivity index (χ3n) is 5.37. The van der Waals surface area contributed by atoms with E-state index in [9.17, 15) is 0 Å². The Morgan fingerprint density at radius 3 is 2.00 bits per heavy atom. The normalized spacial score (nSPS) is 33.8. The van der Waals surface area contributed by atoms with Gasteiger partial charge < -0.3 is 5.32 Å². The Balaban J connectivity index is 2.31. The van der Waals surface area contributed by atoms with E-state index in [-0.39, 0.29) is 0 Å². The third kappa shape index (κ3) is 2.76. The van der Waals surface area contributed by atoms with Crippen LogP contribution in [-0.2, 0) is 0 Å². The molecule has 106 valence electrons. The van der Waals surface area contributed by atoms with Gasteiger partial charge in [-0.2, -0.15) is 0 Å². The summed E-state index contributed by atoms with van der Waals surface area (Å²) in [7, 11) is 0. The fourth-order valence-electron chi connectivity index (χ4n) is 5.77. The van der Waals surface area contributed by atoms with Crippen molar-refractivity contribution in [3.63, 3.8) is 0 Å². The van der Waals surface area contributed by atoms with Crippen molar-refractivity contribution in [3.8, 4) is 0 Å². The second kappa shape index (κ2) is 4.51. The van der Waals surface area contributed by atoms with Crippen molar-refractivity contribution in [1.29, 1.82) is 0 Å². The average Bonchev–Trinajstić information content (AvgIpc) is 2.11. The molecule has 1 heterocycles. The highest BCUT2D eigenvalue weighted by Crippen LogP contribution is 2.60. The fraction of sp³-hybridized carbons (Fsp3) is 1.00. The minimum atomic E-state index is 0.520. The molecular formula is C17H33N. The summed E-state index contributed by atoms with van der Waals surface area (Å²) in [5.41, 5.74) is 1.64. The molecule has 0 aromatic carbocycles. The van der Waals surface area contributed by atoms with Crippen LogP contribution >= 0.6 is 0 Å². The molecule has 1 nitrogen and oxygen atoms in total. The topological polar surface area (TPSA) is 12.0 Å². The molecule has 0 bridgehead atoms. The van der Waals surface area contributed by atoms with Crippen molar-refractivity contribution in [1.82, 2.24) is 5.32 Å². The molecule has 1 aliphatic carbocycles. The van der Waals surface area contributed by atoms with Crippen LogP contribution in [-0.4, -0.2) is 13.1 Å². The van der Waals surface area contributed by atoms with Gasteiger partial charge in [-0.1, -0.05) is 41.5 Å². The van der Waals surface area contributed by atoms with Crippen molar-refractivity contribution in [2.24, 2.45) is 28.1 Å². The number of hydrogen-bond donors (Lipinski definition) is 1. The van der Waals surface area contributed by atoms with Crippen LogP contribution in [0.15, 0.2) is 0 Å². The van der Waals surface area contributed by atoms with Crippen molar-refractivity contribution >= 4 is 0 Å². The summed E-state index contributed by atoms with van der Waals surface area (Å²) in [4.78, 5) is 0. The zero-order chi connectivity index (χ0) is 13.6. The minimum absolute atomic E-state index is 0.520. The number of piperidine rings is 1. The van der Waals surface area contributed by atoms with Gasteiger partial charge in [0.05, 0.1) is 0 Å². The number of rotatable bonds is 1. The van der Waals surface area contributed by atoms with Crippen LogP contribution in [0.5, 0.6) is 0 Å². The molecule has 0 aromatic rings. The van der Waals surface area contributed by atoms with Gasteiger partial charge in [0.25, 0.3) is 0 Å². The van der Waals surface area contributed by atoms with Crippen molar-refractivity contribution in [3.05, 3.63) is 0 Å². The molecule has 0 amide bonds. The lowest BCUT2D eigenvalue weighted by molar-refractivity contribution is -0.0699. The van der Waals surface area contributed by atoms with Gasteiger partial charge in [-0.3, -0.25) is 0 Å². The molecule has 1 aliphatic heterocycles. The van der Waals surface area contributed by atoms with Crippen LogP contribution in [0.3, 0.4) is 0 Å². The van der Waals surface area contributed by atoms with Crippen LogP contribution in [0.4, 0.5) is 0 Å². The van der Waals surface area contributed by atoms with Crippen molar-refractivity contribution in [2.45, 2.75) is 67.2 Å². The second-order valence-electron chi connectivity index (χ2n) is 9.03. The Labute approximate surface area is 114 Å². The maximum absolute atomic E-state index is 3.64.